The second-order valence-corrected chi connectivity index (χ2v) is 1.34. The van der Waals surface area contributed by atoms with Gasteiger partial charge in [0.2, 0.25) is 0 Å². The number of allylic oxidation sites excluding steroid dienone is 1. The van der Waals surface area contributed by atoms with E-state index >= 15 is 0 Å². The van der Waals surface area contributed by atoms with Crippen molar-refractivity contribution < 1.29 is 9.53 Å². The second kappa shape index (κ2) is 4.85. The molecule has 0 heterocycles. The molecule has 0 aliphatic rings. The van der Waals surface area contributed by atoms with Gasteiger partial charge in [-0.05, 0) is 6.08 Å². The molecular weight excluding hydrogens is 118 g/mol. The van der Waals surface area contributed by atoms with Gasteiger partial charge in [0.1, 0.15) is 0 Å². The highest BCUT2D eigenvalue weighted by Gasteiger charge is 1.82. The van der Waals surface area contributed by atoms with Crippen molar-refractivity contribution in [1.82, 2.24) is 0 Å². The Bertz CT molecular complexity index is 155. The Kier molecular flexibility index (Phi) is 4.15. The Morgan fingerprint density at radius 2 is 2.56 bits per heavy atom. The predicted molar refractivity (Wildman–Crippen MR) is 31.1 cm³/mol. The third-order valence-electron chi connectivity index (χ3n) is 0.539. The van der Waals surface area contributed by atoms with Crippen molar-refractivity contribution in [2.24, 2.45) is 0 Å². The number of carbonyl (C=O) groups is 1. The first-order valence-corrected chi connectivity index (χ1v) is 2.46. The molecule has 0 radical (unpaired) electrons. The van der Waals surface area contributed by atoms with Crippen LogP contribution in [0.3, 0.4) is 0 Å². The molecule has 9 heavy (non-hydrogen) atoms. The summed E-state index contributed by atoms with van der Waals surface area (Å²) < 4.78 is 4.37. The lowest BCUT2D eigenvalue weighted by atomic mass is 10.5. The quantitative estimate of drug-likeness (QED) is 0.408. The van der Waals surface area contributed by atoms with Gasteiger partial charge in [-0.25, -0.2) is 0 Å². The number of ether oxygens (including phenoxy) is 1. The van der Waals surface area contributed by atoms with Gasteiger partial charge in [-0.15, -0.1) is 0 Å². The fourth-order valence-corrected chi connectivity index (χ4v) is 0.245. The van der Waals surface area contributed by atoms with E-state index in [-0.39, 0.29) is 12.4 Å². The monoisotopic (exact) mass is 125 g/mol. The van der Waals surface area contributed by atoms with Crippen LogP contribution in [0, 0.1) is 11.3 Å². The Labute approximate surface area is 53.5 Å². The van der Waals surface area contributed by atoms with Crippen molar-refractivity contribution in [1.29, 1.82) is 5.26 Å². The van der Waals surface area contributed by atoms with Crippen molar-refractivity contribution in [3.8, 4) is 6.07 Å². The minimum Gasteiger partial charge on any atom is -0.435 e. The van der Waals surface area contributed by atoms with Crippen LogP contribution < -0.4 is 0 Å². The molecule has 0 fully saturated rings. The Morgan fingerprint density at radius 1 is 1.89 bits per heavy atom. The maximum Gasteiger partial charge on any atom is 0.307 e. The van der Waals surface area contributed by atoms with E-state index in [1.54, 1.807) is 0 Å². The van der Waals surface area contributed by atoms with Gasteiger partial charge < -0.3 is 4.74 Å². The molecule has 0 bridgehead atoms. The van der Waals surface area contributed by atoms with E-state index in [2.05, 4.69) is 4.74 Å². The Morgan fingerprint density at radius 3 is 3.00 bits per heavy atom. The van der Waals surface area contributed by atoms with E-state index in [0.717, 1.165) is 0 Å². The highest BCUT2D eigenvalue weighted by Crippen LogP contribution is 1.81. The molecule has 0 N–H and O–H groups in total. The normalized spacial score (nSPS) is 8.89. The van der Waals surface area contributed by atoms with Crippen LogP contribution in [0.25, 0.3) is 0 Å². The molecule has 0 amide bonds. The van der Waals surface area contributed by atoms with Crippen molar-refractivity contribution >= 4 is 5.97 Å². The lowest BCUT2D eigenvalue weighted by molar-refractivity contribution is -0.135. The van der Waals surface area contributed by atoms with Crippen molar-refractivity contribution in [3.05, 3.63) is 12.3 Å². The second-order valence-electron chi connectivity index (χ2n) is 1.34. The zero-order valence-corrected chi connectivity index (χ0v) is 5.13. The summed E-state index contributed by atoms with van der Waals surface area (Å²) in [7, 11) is 0. The molecular formula is C6H7NO2. The summed E-state index contributed by atoms with van der Waals surface area (Å²) in [6, 6.07) is 1.86. The van der Waals surface area contributed by atoms with Gasteiger partial charge in [0.25, 0.3) is 0 Å². The fourth-order valence-electron chi connectivity index (χ4n) is 0.245. The number of nitriles is 1. The molecule has 0 rings (SSSR count). The molecule has 0 spiro atoms. The smallest absolute Gasteiger partial charge is 0.307 e. The molecule has 0 aliphatic heterocycles. The fraction of sp³-hybridized carbons (Fsp3) is 0.333. The molecule has 0 saturated carbocycles. The topological polar surface area (TPSA) is 50.1 Å². The largest absolute Gasteiger partial charge is 0.435 e. The third-order valence-corrected chi connectivity index (χ3v) is 0.539. The minimum atomic E-state index is -0.371. The summed E-state index contributed by atoms with van der Waals surface area (Å²) in [6.07, 6.45) is 2.96. The Balaban J connectivity index is 3.28. The molecule has 0 aromatic rings. The van der Waals surface area contributed by atoms with Gasteiger partial charge in [-0.3, -0.25) is 4.79 Å². The van der Waals surface area contributed by atoms with Crippen LogP contribution in [0.1, 0.15) is 13.3 Å². The molecule has 0 saturated heterocycles. The van der Waals surface area contributed by atoms with Gasteiger partial charge in [0.05, 0.1) is 18.8 Å². The van der Waals surface area contributed by atoms with E-state index in [1.165, 1.54) is 19.3 Å². The van der Waals surface area contributed by atoms with Crippen LogP contribution in [0.5, 0.6) is 0 Å². The van der Waals surface area contributed by atoms with Crippen LogP contribution in [-0.4, -0.2) is 5.97 Å². The highest BCUT2D eigenvalue weighted by molar-refractivity contribution is 5.66. The molecule has 0 aromatic carbocycles. The Hall–Kier alpha value is -1.30. The highest BCUT2D eigenvalue weighted by atomic mass is 16.5. The summed E-state index contributed by atoms with van der Waals surface area (Å²) in [5, 5.41) is 7.99. The van der Waals surface area contributed by atoms with E-state index in [1.807, 2.05) is 6.07 Å². The van der Waals surface area contributed by atoms with Crippen molar-refractivity contribution in [2.75, 3.05) is 0 Å². The molecule has 0 aliphatic carbocycles. The summed E-state index contributed by atoms with van der Waals surface area (Å²) in [5.74, 6) is -0.371. The standard InChI is InChI=1S/C6H7NO2/c1-6(8)9-5-3-2-4-7/h3,5H,2H2,1H3/b5-3+. The molecule has 3 heteroatoms. The molecule has 48 valence electrons. The first-order chi connectivity index (χ1) is 4.27. The lowest BCUT2D eigenvalue weighted by Gasteiger charge is -1.86. The number of hydrogen-bond acceptors (Lipinski definition) is 3. The van der Waals surface area contributed by atoms with Gasteiger partial charge >= 0.3 is 5.97 Å². The van der Waals surface area contributed by atoms with Gasteiger partial charge in [-0.1, -0.05) is 0 Å². The summed E-state index contributed by atoms with van der Waals surface area (Å²) in [5.41, 5.74) is 0. The van der Waals surface area contributed by atoms with Crippen LogP contribution in [0.4, 0.5) is 0 Å². The van der Waals surface area contributed by atoms with Gasteiger partial charge in [-0.2, -0.15) is 5.26 Å². The van der Waals surface area contributed by atoms with E-state index in [9.17, 15) is 4.79 Å². The first-order valence-electron chi connectivity index (χ1n) is 2.46. The van der Waals surface area contributed by atoms with Crippen LogP contribution in [0.15, 0.2) is 12.3 Å². The maximum absolute atomic E-state index is 10.1. The van der Waals surface area contributed by atoms with Crippen LogP contribution in [0.2, 0.25) is 0 Å². The maximum atomic E-state index is 10.1. The van der Waals surface area contributed by atoms with Crippen LogP contribution >= 0.6 is 0 Å². The van der Waals surface area contributed by atoms with Gasteiger partial charge in [0, 0.05) is 6.92 Å². The van der Waals surface area contributed by atoms with Crippen LogP contribution in [-0.2, 0) is 9.53 Å². The van der Waals surface area contributed by atoms with E-state index < -0.39 is 0 Å². The summed E-state index contributed by atoms with van der Waals surface area (Å²) in [6.45, 7) is 1.30. The predicted octanol–water partition coefficient (Wildman–Crippen LogP) is 0.977. The summed E-state index contributed by atoms with van der Waals surface area (Å²) in [4.78, 5) is 10.1. The summed E-state index contributed by atoms with van der Waals surface area (Å²) >= 11 is 0. The number of hydrogen-bond donors (Lipinski definition) is 0. The first kappa shape index (κ1) is 7.70. The molecule has 0 atom stereocenters. The molecule has 0 unspecified atom stereocenters. The van der Waals surface area contributed by atoms with Gasteiger partial charge in [0.15, 0.2) is 0 Å². The van der Waals surface area contributed by atoms with Crippen molar-refractivity contribution in [2.45, 2.75) is 13.3 Å². The number of esters is 1. The molecule has 3 nitrogen and oxygen atoms in total. The average molecular weight is 125 g/mol. The average Bonchev–Trinajstić information content (AvgIpc) is 1.80. The van der Waals surface area contributed by atoms with Crippen molar-refractivity contribution in [3.63, 3.8) is 0 Å². The van der Waals surface area contributed by atoms with E-state index in [0.29, 0.717) is 0 Å². The zero-order chi connectivity index (χ0) is 7.11. The van der Waals surface area contributed by atoms with E-state index in [4.69, 9.17) is 5.26 Å². The zero-order valence-electron chi connectivity index (χ0n) is 5.13. The minimum absolute atomic E-state index is 0.271. The number of carbonyl (C=O) groups excluding carboxylic acids is 1. The third kappa shape index (κ3) is 6.70. The number of nitrogens with zero attached hydrogens (tertiary/aromatic N) is 1. The molecule has 0 aromatic heterocycles. The number of rotatable bonds is 2. The lowest BCUT2D eigenvalue weighted by Crippen LogP contribution is -1.88. The SMILES string of the molecule is CC(=O)O/C=C/CC#N.